The SMILES string of the molecule is Clc1ccc(C/C=C\Br)cc1. The third-order valence-corrected chi connectivity index (χ3v) is 1.98. The summed E-state index contributed by atoms with van der Waals surface area (Å²) in [6, 6.07) is 7.85. The summed E-state index contributed by atoms with van der Waals surface area (Å²) < 4.78 is 0. The standard InChI is InChI=1S/C9H8BrCl/c10-7-1-2-8-3-5-9(11)6-4-8/h1,3-7H,2H2/b7-1-. The van der Waals surface area contributed by atoms with Crippen molar-refractivity contribution >= 4 is 27.5 Å². The van der Waals surface area contributed by atoms with Gasteiger partial charge in [-0.1, -0.05) is 45.7 Å². The molecule has 58 valence electrons. The minimum atomic E-state index is 0.788. The van der Waals surface area contributed by atoms with Gasteiger partial charge in [-0.15, -0.1) is 0 Å². The molecule has 0 aliphatic carbocycles. The van der Waals surface area contributed by atoms with Crippen molar-refractivity contribution in [1.29, 1.82) is 0 Å². The molecule has 0 saturated heterocycles. The van der Waals surface area contributed by atoms with Crippen LogP contribution in [-0.4, -0.2) is 0 Å². The molecule has 0 radical (unpaired) electrons. The summed E-state index contributed by atoms with van der Waals surface area (Å²) in [7, 11) is 0. The van der Waals surface area contributed by atoms with Gasteiger partial charge in [-0.3, -0.25) is 0 Å². The highest BCUT2D eigenvalue weighted by atomic mass is 79.9. The molecule has 1 aromatic carbocycles. The van der Waals surface area contributed by atoms with E-state index in [-0.39, 0.29) is 0 Å². The van der Waals surface area contributed by atoms with Crippen LogP contribution in [0.25, 0.3) is 0 Å². The van der Waals surface area contributed by atoms with Crippen molar-refractivity contribution in [2.75, 3.05) is 0 Å². The Morgan fingerprint density at radius 1 is 1.27 bits per heavy atom. The molecule has 0 atom stereocenters. The first-order valence-electron chi connectivity index (χ1n) is 3.32. The zero-order valence-electron chi connectivity index (χ0n) is 5.93. The molecule has 1 aromatic rings. The van der Waals surface area contributed by atoms with E-state index in [1.807, 2.05) is 35.3 Å². The molecule has 0 nitrogen and oxygen atoms in total. The molecule has 0 aliphatic rings. The first kappa shape index (κ1) is 8.82. The van der Waals surface area contributed by atoms with Gasteiger partial charge in [-0.2, -0.15) is 0 Å². The highest BCUT2D eigenvalue weighted by molar-refractivity contribution is 9.11. The summed E-state index contributed by atoms with van der Waals surface area (Å²) in [5.41, 5.74) is 1.27. The predicted molar refractivity (Wildman–Crippen MR) is 53.2 cm³/mol. The van der Waals surface area contributed by atoms with E-state index in [2.05, 4.69) is 15.9 Å². The van der Waals surface area contributed by atoms with Crippen molar-refractivity contribution in [3.8, 4) is 0 Å². The molecule has 11 heavy (non-hydrogen) atoms. The fourth-order valence-electron chi connectivity index (χ4n) is 0.801. The Hall–Kier alpha value is -0.270. The van der Waals surface area contributed by atoms with Crippen molar-refractivity contribution in [3.63, 3.8) is 0 Å². The van der Waals surface area contributed by atoms with E-state index in [1.54, 1.807) is 0 Å². The Morgan fingerprint density at radius 3 is 2.45 bits per heavy atom. The van der Waals surface area contributed by atoms with Gasteiger partial charge in [-0.25, -0.2) is 0 Å². The lowest BCUT2D eigenvalue weighted by molar-refractivity contribution is 1.28. The van der Waals surface area contributed by atoms with Gasteiger partial charge in [0.25, 0.3) is 0 Å². The fraction of sp³-hybridized carbons (Fsp3) is 0.111. The minimum Gasteiger partial charge on any atom is -0.0843 e. The van der Waals surface area contributed by atoms with Gasteiger partial charge in [0.05, 0.1) is 0 Å². The quantitative estimate of drug-likeness (QED) is 0.726. The lowest BCUT2D eigenvalue weighted by Crippen LogP contribution is -1.77. The second kappa shape index (κ2) is 4.58. The lowest BCUT2D eigenvalue weighted by atomic mass is 10.2. The second-order valence-electron chi connectivity index (χ2n) is 2.19. The molecule has 0 aromatic heterocycles. The van der Waals surface area contributed by atoms with Gasteiger partial charge < -0.3 is 0 Å². The molecule has 0 spiro atoms. The van der Waals surface area contributed by atoms with Crippen LogP contribution in [0.15, 0.2) is 35.3 Å². The molecule has 0 bridgehead atoms. The Labute approximate surface area is 80.0 Å². The summed E-state index contributed by atoms with van der Waals surface area (Å²) in [6.07, 6.45) is 2.99. The van der Waals surface area contributed by atoms with Crippen LogP contribution in [0.4, 0.5) is 0 Å². The van der Waals surface area contributed by atoms with Crippen molar-refractivity contribution in [2.45, 2.75) is 6.42 Å². The number of halogens is 2. The number of hydrogen-bond donors (Lipinski definition) is 0. The third-order valence-electron chi connectivity index (χ3n) is 1.36. The molecular formula is C9H8BrCl. The van der Waals surface area contributed by atoms with Crippen LogP contribution in [0.1, 0.15) is 5.56 Å². The molecule has 0 N–H and O–H groups in total. The predicted octanol–water partition coefficient (Wildman–Crippen LogP) is 3.79. The fourth-order valence-corrected chi connectivity index (χ4v) is 1.11. The lowest BCUT2D eigenvalue weighted by Gasteiger charge is -1.94. The maximum Gasteiger partial charge on any atom is 0.0406 e. The number of benzene rings is 1. The molecule has 0 saturated carbocycles. The van der Waals surface area contributed by atoms with Gasteiger partial charge in [-0.05, 0) is 29.1 Å². The normalized spacial score (nSPS) is 10.7. The molecule has 2 heteroatoms. The Morgan fingerprint density at radius 2 is 1.91 bits per heavy atom. The Bertz CT molecular complexity index is 238. The summed E-state index contributed by atoms with van der Waals surface area (Å²) in [4.78, 5) is 1.86. The van der Waals surface area contributed by atoms with Crippen LogP contribution in [-0.2, 0) is 6.42 Å². The van der Waals surface area contributed by atoms with Crippen LogP contribution in [0.3, 0.4) is 0 Å². The summed E-state index contributed by atoms with van der Waals surface area (Å²) in [5.74, 6) is 0. The molecule has 0 aliphatic heterocycles. The van der Waals surface area contributed by atoms with E-state index >= 15 is 0 Å². The highest BCUT2D eigenvalue weighted by Crippen LogP contribution is 2.10. The van der Waals surface area contributed by atoms with Gasteiger partial charge in [0.15, 0.2) is 0 Å². The highest BCUT2D eigenvalue weighted by Gasteiger charge is 1.88. The topological polar surface area (TPSA) is 0 Å². The first-order chi connectivity index (χ1) is 5.33. The van der Waals surface area contributed by atoms with Crippen molar-refractivity contribution < 1.29 is 0 Å². The van der Waals surface area contributed by atoms with Crippen molar-refractivity contribution in [3.05, 3.63) is 45.9 Å². The Kier molecular flexibility index (Phi) is 3.67. The smallest absolute Gasteiger partial charge is 0.0406 e. The zero-order valence-corrected chi connectivity index (χ0v) is 8.27. The molecule has 1 rings (SSSR count). The van der Waals surface area contributed by atoms with Crippen LogP contribution in [0.5, 0.6) is 0 Å². The van der Waals surface area contributed by atoms with E-state index in [1.165, 1.54) is 5.56 Å². The van der Waals surface area contributed by atoms with E-state index < -0.39 is 0 Å². The zero-order chi connectivity index (χ0) is 8.10. The van der Waals surface area contributed by atoms with Crippen LogP contribution < -0.4 is 0 Å². The molecule has 0 amide bonds. The van der Waals surface area contributed by atoms with Gasteiger partial charge >= 0.3 is 0 Å². The van der Waals surface area contributed by atoms with Gasteiger partial charge in [0.1, 0.15) is 0 Å². The van der Waals surface area contributed by atoms with Gasteiger partial charge in [0, 0.05) is 5.02 Å². The maximum absolute atomic E-state index is 5.72. The summed E-state index contributed by atoms with van der Waals surface area (Å²) >= 11 is 8.93. The molecule has 0 unspecified atom stereocenters. The largest absolute Gasteiger partial charge is 0.0843 e. The summed E-state index contributed by atoms with van der Waals surface area (Å²) in [6.45, 7) is 0. The van der Waals surface area contributed by atoms with E-state index in [9.17, 15) is 0 Å². The number of rotatable bonds is 2. The number of hydrogen-bond acceptors (Lipinski definition) is 0. The van der Waals surface area contributed by atoms with Crippen LogP contribution in [0.2, 0.25) is 5.02 Å². The molecule has 0 fully saturated rings. The second-order valence-corrected chi connectivity index (χ2v) is 3.16. The minimum absolute atomic E-state index is 0.788. The molecule has 0 heterocycles. The van der Waals surface area contributed by atoms with Gasteiger partial charge in [0.2, 0.25) is 0 Å². The molecular weight excluding hydrogens is 223 g/mol. The summed E-state index contributed by atoms with van der Waals surface area (Å²) in [5, 5.41) is 0.788. The Balaban J connectivity index is 2.66. The number of allylic oxidation sites excluding steroid dienone is 1. The first-order valence-corrected chi connectivity index (χ1v) is 4.62. The van der Waals surface area contributed by atoms with E-state index in [0.29, 0.717) is 0 Å². The monoisotopic (exact) mass is 230 g/mol. The van der Waals surface area contributed by atoms with E-state index in [0.717, 1.165) is 11.4 Å². The van der Waals surface area contributed by atoms with Crippen LogP contribution >= 0.6 is 27.5 Å². The average molecular weight is 232 g/mol. The maximum atomic E-state index is 5.72. The van der Waals surface area contributed by atoms with E-state index in [4.69, 9.17) is 11.6 Å². The average Bonchev–Trinajstić information content (AvgIpc) is 2.04. The van der Waals surface area contributed by atoms with Crippen molar-refractivity contribution in [2.24, 2.45) is 0 Å². The third kappa shape index (κ3) is 3.08. The van der Waals surface area contributed by atoms with Crippen molar-refractivity contribution in [1.82, 2.24) is 0 Å². The van der Waals surface area contributed by atoms with Crippen LogP contribution in [0, 0.1) is 0 Å².